The maximum Gasteiger partial charge on any atom is 0.273 e. The number of halogens is 1. The quantitative estimate of drug-likeness (QED) is 0.880. The Morgan fingerprint density at radius 3 is 2.74 bits per heavy atom. The van der Waals surface area contributed by atoms with Crippen LogP contribution in [0.15, 0.2) is 36.5 Å². The Labute approximate surface area is 164 Å². The zero-order valence-electron chi connectivity index (χ0n) is 15.3. The summed E-state index contributed by atoms with van der Waals surface area (Å²) >= 11 is 6.40. The van der Waals surface area contributed by atoms with E-state index in [4.69, 9.17) is 11.6 Å². The maximum absolute atomic E-state index is 13.3. The molecule has 2 aliphatic rings. The Hall–Kier alpha value is -2.18. The number of aromatic nitrogens is 2. The van der Waals surface area contributed by atoms with Crippen LogP contribution in [0.3, 0.4) is 0 Å². The fourth-order valence-corrected chi connectivity index (χ4v) is 4.09. The molecule has 1 aromatic heterocycles. The van der Waals surface area contributed by atoms with Crippen molar-refractivity contribution in [2.45, 2.75) is 25.3 Å². The number of carbonyl (C=O) groups is 1. The summed E-state index contributed by atoms with van der Waals surface area (Å²) in [5, 5.41) is 4.05. The molecule has 1 atom stereocenters. The normalized spacial score (nSPS) is 20.6. The Morgan fingerprint density at radius 1 is 1.11 bits per heavy atom. The lowest BCUT2D eigenvalue weighted by Crippen LogP contribution is -2.49. The first-order chi connectivity index (χ1) is 13.2. The molecule has 142 valence electrons. The molecule has 7 heteroatoms. The van der Waals surface area contributed by atoms with Gasteiger partial charge in [-0.2, -0.15) is 0 Å². The fourth-order valence-electron chi connectivity index (χ4n) is 3.83. The van der Waals surface area contributed by atoms with Gasteiger partial charge in [-0.1, -0.05) is 29.8 Å². The number of amides is 1. The van der Waals surface area contributed by atoms with Crippen LogP contribution in [0.4, 0.5) is 5.95 Å². The summed E-state index contributed by atoms with van der Waals surface area (Å²) in [6, 6.07) is 9.32. The molecule has 3 heterocycles. The van der Waals surface area contributed by atoms with E-state index in [1.54, 1.807) is 12.3 Å². The first-order valence-corrected chi connectivity index (χ1v) is 9.96. The molecular weight excluding hydrogens is 362 g/mol. The molecule has 1 amide bonds. The SMILES string of the molecule is O=C(c1ccnc(N2CCCCC2)n1)N1CCNCC1c1ccccc1Cl. The number of hydrogen-bond donors (Lipinski definition) is 1. The number of hydrogen-bond acceptors (Lipinski definition) is 5. The van der Waals surface area contributed by atoms with Crippen LogP contribution in [-0.2, 0) is 0 Å². The summed E-state index contributed by atoms with van der Waals surface area (Å²) in [4.78, 5) is 26.3. The summed E-state index contributed by atoms with van der Waals surface area (Å²) in [7, 11) is 0. The second-order valence-electron chi connectivity index (χ2n) is 7.03. The number of nitrogens with zero attached hydrogens (tertiary/aromatic N) is 4. The zero-order chi connectivity index (χ0) is 18.6. The first kappa shape index (κ1) is 18.2. The third-order valence-corrected chi connectivity index (χ3v) is 5.61. The van der Waals surface area contributed by atoms with Gasteiger partial charge in [0.1, 0.15) is 5.69 Å². The Balaban J connectivity index is 1.59. The van der Waals surface area contributed by atoms with E-state index in [1.165, 1.54) is 6.42 Å². The third kappa shape index (κ3) is 3.92. The molecule has 6 nitrogen and oxygen atoms in total. The van der Waals surface area contributed by atoms with Gasteiger partial charge in [-0.3, -0.25) is 4.79 Å². The Bertz CT molecular complexity index is 808. The van der Waals surface area contributed by atoms with Gasteiger partial charge in [0.05, 0.1) is 6.04 Å². The summed E-state index contributed by atoms with van der Waals surface area (Å²) in [5.74, 6) is 0.590. The van der Waals surface area contributed by atoms with Crippen molar-refractivity contribution in [1.82, 2.24) is 20.2 Å². The molecule has 1 aromatic carbocycles. The topological polar surface area (TPSA) is 61.4 Å². The van der Waals surface area contributed by atoms with Gasteiger partial charge in [-0.25, -0.2) is 9.97 Å². The molecule has 0 spiro atoms. The minimum atomic E-state index is -0.103. The van der Waals surface area contributed by atoms with E-state index in [1.807, 2.05) is 29.2 Å². The van der Waals surface area contributed by atoms with Crippen molar-refractivity contribution in [3.8, 4) is 0 Å². The number of benzene rings is 1. The highest BCUT2D eigenvalue weighted by atomic mass is 35.5. The lowest BCUT2D eigenvalue weighted by atomic mass is 10.0. The van der Waals surface area contributed by atoms with Crippen LogP contribution < -0.4 is 10.2 Å². The molecule has 1 N–H and O–H groups in total. The van der Waals surface area contributed by atoms with Crippen LogP contribution in [0.5, 0.6) is 0 Å². The third-order valence-electron chi connectivity index (χ3n) is 5.27. The lowest BCUT2D eigenvalue weighted by Gasteiger charge is -2.37. The van der Waals surface area contributed by atoms with Crippen LogP contribution >= 0.6 is 11.6 Å². The Morgan fingerprint density at radius 2 is 1.93 bits per heavy atom. The van der Waals surface area contributed by atoms with Crippen molar-refractivity contribution in [1.29, 1.82) is 0 Å². The van der Waals surface area contributed by atoms with Gasteiger partial charge in [0.15, 0.2) is 0 Å². The molecule has 4 rings (SSSR count). The van der Waals surface area contributed by atoms with Crippen LogP contribution in [-0.4, -0.2) is 53.5 Å². The summed E-state index contributed by atoms with van der Waals surface area (Å²) in [5.41, 5.74) is 1.41. The van der Waals surface area contributed by atoms with Gasteiger partial charge in [-0.15, -0.1) is 0 Å². The predicted octanol–water partition coefficient (Wildman–Crippen LogP) is 2.91. The summed E-state index contributed by atoms with van der Waals surface area (Å²) in [6.07, 6.45) is 5.23. The van der Waals surface area contributed by atoms with Gasteiger partial charge < -0.3 is 15.1 Å². The van der Waals surface area contributed by atoms with Crippen molar-refractivity contribution in [3.05, 3.63) is 52.8 Å². The average Bonchev–Trinajstić information content (AvgIpc) is 2.74. The zero-order valence-corrected chi connectivity index (χ0v) is 16.0. The van der Waals surface area contributed by atoms with Gasteiger partial charge in [0.25, 0.3) is 5.91 Å². The lowest BCUT2D eigenvalue weighted by molar-refractivity contribution is 0.0628. The molecule has 1 unspecified atom stereocenters. The van der Waals surface area contributed by atoms with Gasteiger partial charge in [-0.05, 0) is 37.0 Å². The molecule has 0 saturated carbocycles. The minimum Gasteiger partial charge on any atom is -0.341 e. The van der Waals surface area contributed by atoms with E-state index in [0.29, 0.717) is 29.8 Å². The molecule has 0 radical (unpaired) electrons. The smallest absolute Gasteiger partial charge is 0.273 e. The van der Waals surface area contributed by atoms with Crippen molar-refractivity contribution in [2.24, 2.45) is 0 Å². The molecule has 0 bridgehead atoms. The predicted molar refractivity (Wildman–Crippen MR) is 106 cm³/mol. The van der Waals surface area contributed by atoms with E-state index in [-0.39, 0.29) is 11.9 Å². The van der Waals surface area contributed by atoms with Crippen LogP contribution in [0.1, 0.15) is 41.4 Å². The minimum absolute atomic E-state index is 0.0675. The molecule has 2 saturated heterocycles. The number of nitrogens with one attached hydrogen (secondary N) is 1. The highest BCUT2D eigenvalue weighted by Crippen LogP contribution is 2.29. The van der Waals surface area contributed by atoms with Crippen LogP contribution in [0.25, 0.3) is 0 Å². The van der Waals surface area contributed by atoms with Gasteiger partial charge in [0.2, 0.25) is 5.95 Å². The number of anilines is 1. The van der Waals surface area contributed by atoms with Crippen LogP contribution in [0, 0.1) is 0 Å². The van der Waals surface area contributed by atoms with Gasteiger partial charge >= 0.3 is 0 Å². The van der Waals surface area contributed by atoms with E-state index in [0.717, 1.165) is 38.0 Å². The molecule has 2 aromatic rings. The largest absolute Gasteiger partial charge is 0.341 e. The Kier molecular flexibility index (Phi) is 5.55. The number of piperazine rings is 1. The average molecular weight is 386 g/mol. The number of piperidine rings is 1. The highest BCUT2D eigenvalue weighted by molar-refractivity contribution is 6.31. The van der Waals surface area contributed by atoms with E-state index >= 15 is 0 Å². The fraction of sp³-hybridized carbons (Fsp3) is 0.450. The summed E-state index contributed by atoms with van der Waals surface area (Å²) < 4.78 is 0. The second kappa shape index (κ2) is 8.23. The summed E-state index contributed by atoms with van der Waals surface area (Å²) in [6.45, 7) is 3.97. The van der Waals surface area contributed by atoms with Crippen molar-refractivity contribution < 1.29 is 4.79 Å². The molecular formula is C20H24ClN5O. The van der Waals surface area contributed by atoms with Gasteiger partial charge in [0, 0.05) is 43.9 Å². The maximum atomic E-state index is 13.3. The van der Waals surface area contributed by atoms with Crippen molar-refractivity contribution in [2.75, 3.05) is 37.6 Å². The van der Waals surface area contributed by atoms with E-state index in [2.05, 4.69) is 20.2 Å². The second-order valence-corrected chi connectivity index (χ2v) is 7.44. The highest BCUT2D eigenvalue weighted by Gasteiger charge is 2.31. The molecule has 0 aliphatic carbocycles. The number of carbonyl (C=O) groups excluding carboxylic acids is 1. The standard InChI is InChI=1S/C20H24ClN5O/c21-16-7-3-2-6-15(16)18-14-22-10-13-26(18)19(27)17-8-9-23-20(24-17)25-11-4-1-5-12-25/h2-3,6-9,18,22H,1,4-5,10-14H2. The monoisotopic (exact) mass is 385 g/mol. The van der Waals surface area contributed by atoms with Crippen molar-refractivity contribution >= 4 is 23.5 Å². The molecule has 2 aliphatic heterocycles. The molecule has 2 fully saturated rings. The van der Waals surface area contributed by atoms with Crippen LogP contribution in [0.2, 0.25) is 5.02 Å². The van der Waals surface area contributed by atoms with E-state index in [9.17, 15) is 4.79 Å². The molecule has 27 heavy (non-hydrogen) atoms. The van der Waals surface area contributed by atoms with Crippen molar-refractivity contribution in [3.63, 3.8) is 0 Å². The first-order valence-electron chi connectivity index (χ1n) is 9.58. The number of rotatable bonds is 3. The van der Waals surface area contributed by atoms with E-state index < -0.39 is 0 Å².